The molecular weight excluding hydrogens is 303 g/mol. The number of aromatic hydroxyl groups is 1. The van der Waals surface area contributed by atoms with Gasteiger partial charge in [-0.05, 0) is 6.07 Å². The second kappa shape index (κ2) is 6.98. The summed E-state index contributed by atoms with van der Waals surface area (Å²) in [5.74, 6) is -1.26. The van der Waals surface area contributed by atoms with Crippen molar-refractivity contribution in [2.45, 2.75) is 4.90 Å². The van der Waals surface area contributed by atoms with Crippen molar-refractivity contribution in [1.82, 2.24) is 0 Å². The molecule has 0 saturated heterocycles. The average Bonchev–Trinajstić information content (AvgIpc) is 2.45. The van der Waals surface area contributed by atoms with Crippen LogP contribution in [0.1, 0.15) is 17.3 Å². The molecule has 0 aliphatic heterocycles. The predicted octanol–water partition coefficient (Wildman–Crippen LogP) is -1.00. The number of rotatable bonds is 4. The number of phenols is 1. The molecule has 2 rings (SSSR count). The summed E-state index contributed by atoms with van der Waals surface area (Å²) < 4.78 is 36.6. The van der Waals surface area contributed by atoms with Crippen LogP contribution in [0.3, 0.4) is 0 Å². The third kappa shape index (κ3) is 3.70. The largest absolute Gasteiger partial charge is 1.00 e. The Kier molecular flexibility index (Phi) is 5.80. The molecule has 0 fully saturated rings. The molecule has 2 aromatic carbocycles. The zero-order valence-corrected chi connectivity index (χ0v) is 12.8. The topological polar surface area (TPSA) is 101 Å². The van der Waals surface area contributed by atoms with E-state index in [1.54, 1.807) is 18.2 Å². The average molecular weight is 316 g/mol. The first-order valence-corrected chi connectivity index (χ1v) is 7.27. The summed E-state index contributed by atoms with van der Waals surface area (Å²) >= 11 is 0. The van der Waals surface area contributed by atoms with Gasteiger partial charge in [0.15, 0.2) is 5.78 Å². The molecule has 0 amide bonds. The molecule has 0 saturated carbocycles. The molecule has 0 aromatic heterocycles. The molecule has 0 spiro atoms. The Hall–Kier alpha value is -1.78. The van der Waals surface area contributed by atoms with Gasteiger partial charge in [0, 0.05) is 11.6 Å². The van der Waals surface area contributed by atoms with Crippen LogP contribution in [0.2, 0.25) is 0 Å². The van der Waals surface area contributed by atoms with Crippen molar-refractivity contribution in [2.24, 2.45) is 0 Å². The summed E-state index contributed by atoms with van der Waals surface area (Å²) in [4.78, 5) is 11.7. The quantitative estimate of drug-likeness (QED) is 0.426. The Labute approximate surface area is 141 Å². The molecule has 6 nitrogen and oxygen atoms in total. The molecule has 0 heterocycles. The van der Waals surface area contributed by atoms with Crippen molar-refractivity contribution in [1.29, 1.82) is 0 Å². The minimum absolute atomic E-state index is 0. The number of carbonyl (C=O) groups excluding carboxylic acids is 1. The van der Waals surface area contributed by atoms with E-state index >= 15 is 0 Å². The Morgan fingerprint density at radius 1 is 1.18 bits per heavy atom. The van der Waals surface area contributed by atoms with Gasteiger partial charge in [-0.25, -0.2) is 0 Å². The van der Waals surface area contributed by atoms with Crippen LogP contribution in [0, 0.1) is 0 Å². The Morgan fingerprint density at radius 3 is 2.27 bits per heavy atom. The van der Waals surface area contributed by atoms with Gasteiger partial charge in [0.1, 0.15) is 16.4 Å². The van der Waals surface area contributed by atoms with Gasteiger partial charge in [0.2, 0.25) is 0 Å². The second-order valence-corrected chi connectivity index (χ2v) is 5.58. The minimum Gasteiger partial charge on any atom is -1.00 e. The first-order valence-electron chi connectivity index (χ1n) is 5.83. The number of methoxy groups -OCH3 is 1. The monoisotopic (exact) mass is 316 g/mol. The van der Waals surface area contributed by atoms with E-state index in [0.29, 0.717) is 0 Å². The molecule has 0 unspecified atom stereocenters. The van der Waals surface area contributed by atoms with Crippen molar-refractivity contribution in [3.8, 4) is 11.5 Å². The van der Waals surface area contributed by atoms with E-state index < -0.39 is 26.5 Å². The van der Waals surface area contributed by atoms with Crippen LogP contribution in [0.25, 0.3) is 0 Å². The van der Waals surface area contributed by atoms with Crippen LogP contribution >= 0.6 is 0 Å². The fourth-order valence-electron chi connectivity index (χ4n) is 1.84. The number of benzene rings is 2. The summed E-state index contributed by atoms with van der Waals surface area (Å²) in [5, 5.41) is 9.87. The standard InChI is InChI=1S/C14H12O6S.Li.H/c1-20-12-8-11(15)10(7-13(12)21(17,18)19)14(16)9-5-3-2-4-6-9;;/h2-8,15H,1H3,(H,17,18,19);;/q;+1;-1. The molecule has 0 radical (unpaired) electrons. The SMILES string of the molecule is COc1cc(O)c(C(=O)c2ccccc2)cc1S(=O)(=O)O.[H-].[Li+]. The van der Waals surface area contributed by atoms with Crippen LogP contribution < -0.4 is 23.6 Å². The van der Waals surface area contributed by atoms with Gasteiger partial charge in [-0.1, -0.05) is 30.3 Å². The molecule has 22 heavy (non-hydrogen) atoms. The maximum Gasteiger partial charge on any atom is 1.00 e. The van der Waals surface area contributed by atoms with Crippen LogP contribution in [-0.2, 0) is 10.1 Å². The Morgan fingerprint density at radius 2 is 1.77 bits per heavy atom. The molecule has 0 aliphatic carbocycles. The van der Waals surface area contributed by atoms with Crippen molar-refractivity contribution in [3.63, 3.8) is 0 Å². The number of ether oxygens (including phenoxy) is 1. The van der Waals surface area contributed by atoms with Gasteiger partial charge in [0.25, 0.3) is 10.1 Å². The smallest absolute Gasteiger partial charge is 1.00 e. The maximum atomic E-state index is 12.3. The number of hydrogen-bond donors (Lipinski definition) is 2. The predicted molar refractivity (Wildman–Crippen MR) is 75.5 cm³/mol. The number of carbonyl (C=O) groups is 1. The fraction of sp³-hybridized carbons (Fsp3) is 0.0714. The van der Waals surface area contributed by atoms with Gasteiger partial charge in [-0.3, -0.25) is 9.35 Å². The summed E-state index contributed by atoms with van der Waals surface area (Å²) in [5.41, 5.74) is 0.0360. The van der Waals surface area contributed by atoms with E-state index in [0.717, 1.165) is 12.1 Å². The Bertz CT molecular complexity index is 792. The van der Waals surface area contributed by atoms with Gasteiger partial charge >= 0.3 is 18.9 Å². The van der Waals surface area contributed by atoms with Gasteiger partial charge < -0.3 is 11.3 Å². The van der Waals surface area contributed by atoms with E-state index in [4.69, 9.17) is 9.29 Å². The van der Waals surface area contributed by atoms with Crippen LogP contribution in [0.5, 0.6) is 11.5 Å². The van der Waals surface area contributed by atoms with E-state index in [1.807, 2.05) is 0 Å². The zero-order chi connectivity index (χ0) is 15.6. The fourth-order valence-corrected chi connectivity index (χ4v) is 2.50. The van der Waals surface area contributed by atoms with E-state index in [-0.39, 0.29) is 37.2 Å². The van der Waals surface area contributed by atoms with Crippen molar-refractivity contribution < 1.29 is 47.9 Å². The molecule has 2 aromatic rings. The van der Waals surface area contributed by atoms with Gasteiger partial charge in [0.05, 0.1) is 12.7 Å². The summed E-state index contributed by atoms with van der Waals surface area (Å²) in [6, 6.07) is 9.90. The molecule has 0 atom stereocenters. The summed E-state index contributed by atoms with van der Waals surface area (Å²) in [6.45, 7) is 0. The molecular formula is C14H13LiO6S. The third-order valence-electron chi connectivity index (χ3n) is 2.84. The summed E-state index contributed by atoms with van der Waals surface area (Å²) in [6.07, 6.45) is 0. The first-order chi connectivity index (χ1) is 9.84. The first kappa shape index (κ1) is 18.3. The van der Waals surface area contributed by atoms with Crippen LogP contribution in [0.15, 0.2) is 47.4 Å². The maximum absolute atomic E-state index is 12.3. The molecule has 2 N–H and O–H groups in total. The van der Waals surface area contributed by atoms with E-state index in [2.05, 4.69) is 0 Å². The normalized spacial score (nSPS) is 10.6. The molecule has 8 heteroatoms. The number of hydrogen-bond acceptors (Lipinski definition) is 5. The minimum atomic E-state index is -4.59. The van der Waals surface area contributed by atoms with E-state index in [9.17, 15) is 18.3 Å². The van der Waals surface area contributed by atoms with Crippen LogP contribution in [0.4, 0.5) is 0 Å². The molecule has 0 bridgehead atoms. The van der Waals surface area contributed by atoms with Crippen LogP contribution in [-0.4, -0.2) is 31.0 Å². The van der Waals surface area contributed by atoms with E-state index in [1.165, 1.54) is 19.2 Å². The Balaban J connectivity index is 0.00000242. The van der Waals surface area contributed by atoms with Gasteiger partial charge in [-0.2, -0.15) is 8.42 Å². The van der Waals surface area contributed by atoms with Gasteiger partial charge in [-0.15, -0.1) is 0 Å². The zero-order valence-electron chi connectivity index (χ0n) is 13.0. The third-order valence-corrected chi connectivity index (χ3v) is 3.72. The van der Waals surface area contributed by atoms with Crippen molar-refractivity contribution >= 4 is 15.9 Å². The molecule has 112 valence electrons. The summed E-state index contributed by atoms with van der Waals surface area (Å²) in [7, 11) is -3.41. The second-order valence-electron chi connectivity index (χ2n) is 4.19. The number of phenolic OH excluding ortho intramolecular Hbond substituents is 1. The van der Waals surface area contributed by atoms with Crippen molar-refractivity contribution in [3.05, 3.63) is 53.6 Å². The number of ketones is 1. The molecule has 0 aliphatic rings. The van der Waals surface area contributed by atoms with Crippen molar-refractivity contribution in [2.75, 3.05) is 7.11 Å².